The molecule has 3 atom stereocenters. The van der Waals surface area contributed by atoms with Gasteiger partial charge in [0.2, 0.25) is 35.4 Å². The summed E-state index contributed by atoms with van der Waals surface area (Å²) in [6, 6.07) is 5.05. The molecular weight excluding hydrogens is 855 g/mol. The Labute approximate surface area is 381 Å². The molecule has 65 heavy (non-hydrogen) atoms. The van der Waals surface area contributed by atoms with E-state index in [4.69, 9.17) is 42.6 Å². The first kappa shape index (κ1) is 56.5. The van der Waals surface area contributed by atoms with Crippen LogP contribution in [-0.4, -0.2) is 177 Å². The number of likely N-dealkylation sites (tertiary alicyclic amines) is 1. The molecule has 1 heterocycles. The van der Waals surface area contributed by atoms with Crippen LogP contribution in [0.2, 0.25) is 0 Å². The summed E-state index contributed by atoms with van der Waals surface area (Å²) >= 11 is 0. The highest BCUT2D eigenvalue weighted by molar-refractivity contribution is 6.03. The molecule has 6 amide bonds. The third-order valence-electron chi connectivity index (χ3n) is 9.36. The average Bonchev–Trinajstić information content (AvgIpc) is 3.52. The van der Waals surface area contributed by atoms with Gasteiger partial charge >= 0.3 is 5.97 Å². The summed E-state index contributed by atoms with van der Waals surface area (Å²) in [7, 11) is 0. The summed E-state index contributed by atoms with van der Waals surface area (Å²) in [4.78, 5) is 85.9. The Hall–Kier alpha value is -4.61. The fraction of sp³-hybridized carbons (Fsp3) is 0.705. The zero-order valence-corrected chi connectivity index (χ0v) is 38.7. The lowest BCUT2D eigenvalue weighted by molar-refractivity contribution is -0.142. The number of nitrogens with zero attached hydrogens (tertiary/aromatic N) is 1. The number of ether oxygens (including phenoxy) is 9. The molecule has 21 heteroatoms. The number of anilines is 1. The lowest BCUT2D eigenvalue weighted by Crippen LogP contribution is -2.53. The minimum atomic E-state index is -0.873. The molecule has 1 aromatic carbocycles. The number of benzene rings is 1. The highest BCUT2D eigenvalue weighted by Gasteiger charge is 2.35. The van der Waals surface area contributed by atoms with Crippen LogP contribution in [0, 0.1) is 11.8 Å². The minimum Gasteiger partial charge on any atom is -0.461 e. The molecule has 1 saturated heterocycles. The minimum absolute atomic E-state index is 0.0440. The second-order valence-corrected chi connectivity index (χ2v) is 15.2. The number of nitrogens with one attached hydrogen (secondary N) is 4. The van der Waals surface area contributed by atoms with Crippen LogP contribution in [0.4, 0.5) is 5.69 Å². The van der Waals surface area contributed by atoms with Gasteiger partial charge in [0, 0.05) is 50.9 Å². The van der Waals surface area contributed by atoms with Crippen LogP contribution < -0.4 is 21.3 Å². The zero-order chi connectivity index (χ0) is 47.7. The van der Waals surface area contributed by atoms with Gasteiger partial charge in [-0.2, -0.15) is 0 Å². The summed E-state index contributed by atoms with van der Waals surface area (Å²) in [5.74, 6) is -2.91. The van der Waals surface area contributed by atoms with E-state index in [1.165, 1.54) is 6.92 Å². The van der Waals surface area contributed by atoms with Gasteiger partial charge in [-0.05, 0) is 30.5 Å². The molecule has 1 unspecified atom stereocenters. The van der Waals surface area contributed by atoms with Crippen molar-refractivity contribution in [3.05, 3.63) is 29.8 Å². The molecule has 368 valence electrons. The van der Waals surface area contributed by atoms with Crippen LogP contribution in [0.3, 0.4) is 0 Å². The van der Waals surface area contributed by atoms with Gasteiger partial charge in [0.15, 0.2) is 0 Å². The van der Waals surface area contributed by atoms with Crippen molar-refractivity contribution < 1.29 is 76.2 Å². The second kappa shape index (κ2) is 34.7. The fourth-order valence-electron chi connectivity index (χ4n) is 5.72. The molecule has 2 rings (SSSR count). The molecular formula is C44H71N5O16. The van der Waals surface area contributed by atoms with Crippen molar-refractivity contribution in [1.29, 1.82) is 0 Å². The summed E-state index contributed by atoms with van der Waals surface area (Å²) in [5.41, 5.74) is 1.28. The Kier molecular flexibility index (Phi) is 30.2. The first-order chi connectivity index (χ1) is 31.3. The molecule has 0 saturated carbocycles. The largest absolute Gasteiger partial charge is 0.461 e. The molecule has 1 aromatic rings. The monoisotopic (exact) mass is 925 g/mol. The third-order valence-corrected chi connectivity index (χ3v) is 9.36. The van der Waals surface area contributed by atoms with Gasteiger partial charge in [0.1, 0.15) is 18.7 Å². The summed E-state index contributed by atoms with van der Waals surface area (Å²) < 4.78 is 48.7. The van der Waals surface area contributed by atoms with Crippen LogP contribution in [0.25, 0.3) is 0 Å². The Balaban J connectivity index is 1.32. The Morgan fingerprint density at radius 3 is 1.55 bits per heavy atom. The maximum atomic E-state index is 13.0. The topological polar surface area (TPSA) is 254 Å². The quantitative estimate of drug-likeness (QED) is 0.0406. The number of hydrogen-bond donors (Lipinski definition) is 4. The standard InChI is InChI=1S/C44H71N5O16/c1-32(2)41(43(55)46-34(4)42(54)47-37-8-6-36(7-9-37)31-65-35(5)50)48-39(52)11-14-57-16-18-59-20-22-61-24-26-63-28-29-64-27-25-62-23-21-60-19-17-58-15-12-45-38(51)10-13-49-40(53)30-33(3)44(49)56/h6-9,32-34,41H,10-31H2,1-5H3,(H,45,51)(H,46,55)(H,47,54)(H,48,52)/t33?,34-,41-/m0/s1. The molecule has 0 radical (unpaired) electrons. The van der Waals surface area contributed by atoms with Gasteiger partial charge in [-0.25, -0.2) is 0 Å². The maximum absolute atomic E-state index is 13.0. The number of carbonyl (C=O) groups is 7. The molecule has 0 aromatic heterocycles. The van der Waals surface area contributed by atoms with Crippen molar-refractivity contribution >= 4 is 47.1 Å². The van der Waals surface area contributed by atoms with Crippen LogP contribution in [-0.2, 0) is 82.8 Å². The van der Waals surface area contributed by atoms with Crippen LogP contribution in [0.5, 0.6) is 0 Å². The van der Waals surface area contributed by atoms with Gasteiger partial charge in [0.05, 0.1) is 106 Å². The Bertz CT molecular complexity index is 1570. The van der Waals surface area contributed by atoms with E-state index >= 15 is 0 Å². The highest BCUT2D eigenvalue weighted by Crippen LogP contribution is 2.18. The summed E-state index contributed by atoms with van der Waals surface area (Å²) in [6.45, 7) is 14.6. The van der Waals surface area contributed by atoms with Crippen molar-refractivity contribution in [2.24, 2.45) is 11.8 Å². The molecule has 1 aliphatic rings. The molecule has 1 fully saturated rings. The van der Waals surface area contributed by atoms with E-state index < -0.39 is 23.9 Å². The molecule has 21 nitrogen and oxygen atoms in total. The van der Waals surface area contributed by atoms with E-state index in [2.05, 4.69) is 21.3 Å². The van der Waals surface area contributed by atoms with E-state index in [9.17, 15) is 33.6 Å². The smallest absolute Gasteiger partial charge is 0.302 e. The zero-order valence-electron chi connectivity index (χ0n) is 38.7. The van der Waals surface area contributed by atoms with Crippen LogP contribution in [0.1, 0.15) is 59.4 Å². The number of hydrogen-bond acceptors (Lipinski definition) is 16. The van der Waals surface area contributed by atoms with Crippen LogP contribution >= 0.6 is 0 Å². The molecule has 0 spiro atoms. The van der Waals surface area contributed by atoms with Crippen molar-refractivity contribution in [3.63, 3.8) is 0 Å². The molecule has 4 N–H and O–H groups in total. The van der Waals surface area contributed by atoms with Gasteiger partial charge in [-0.1, -0.05) is 32.9 Å². The first-order valence-corrected chi connectivity index (χ1v) is 22.1. The van der Waals surface area contributed by atoms with Crippen molar-refractivity contribution in [1.82, 2.24) is 20.9 Å². The average molecular weight is 926 g/mol. The normalized spacial score (nSPS) is 14.6. The number of imide groups is 1. The number of rotatable bonds is 38. The predicted octanol–water partition coefficient (Wildman–Crippen LogP) is 0.758. The SMILES string of the molecule is CC(=O)OCc1ccc(NC(=O)[C@H](C)NC(=O)[C@@H](NC(=O)CCOCCOCCOCCOCCOCCOCCOCCOCCNC(=O)CCN2C(=O)CC(C)C2=O)C(C)C)cc1. The third kappa shape index (κ3) is 26.8. The van der Waals surface area contributed by atoms with E-state index in [0.717, 1.165) is 10.5 Å². The Morgan fingerprint density at radius 2 is 1.11 bits per heavy atom. The van der Waals surface area contributed by atoms with E-state index in [-0.39, 0.29) is 87.1 Å². The maximum Gasteiger partial charge on any atom is 0.302 e. The lowest BCUT2D eigenvalue weighted by Gasteiger charge is -2.24. The second-order valence-electron chi connectivity index (χ2n) is 15.2. The summed E-state index contributed by atoms with van der Waals surface area (Å²) in [6.07, 6.45) is 0.314. The van der Waals surface area contributed by atoms with Crippen LogP contribution in [0.15, 0.2) is 24.3 Å². The molecule has 0 aliphatic carbocycles. The van der Waals surface area contributed by atoms with Gasteiger partial charge in [0.25, 0.3) is 0 Å². The number of amides is 6. The van der Waals surface area contributed by atoms with Crippen molar-refractivity contribution in [3.8, 4) is 0 Å². The summed E-state index contributed by atoms with van der Waals surface area (Å²) in [5, 5.41) is 10.8. The van der Waals surface area contributed by atoms with Crippen molar-refractivity contribution in [2.45, 2.75) is 72.6 Å². The van der Waals surface area contributed by atoms with Gasteiger partial charge in [-0.3, -0.25) is 38.5 Å². The lowest BCUT2D eigenvalue weighted by atomic mass is 10.0. The highest BCUT2D eigenvalue weighted by atomic mass is 16.6. The Morgan fingerprint density at radius 1 is 0.631 bits per heavy atom. The van der Waals surface area contributed by atoms with E-state index in [1.807, 2.05) is 0 Å². The van der Waals surface area contributed by atoms with Gasteiger partial charge in [-0.15, -0.1) is 0 Å². The molecule has 1 aliphatic heterocycles. The van der Waals surface area contributed by atoms with E-state index in [1.54, 1.807) is 52.0 Å². The van der Waals surface area contributed by atoms with Gasteiger partial charge < -0.3 is 63.9 Å². The fourth-order valence-corrected chi connectivity index (χ4v) is 5.72. The molecule has 0 bridgehead atoms. The van der Waals surface area contributed by atoms with E-state index in [0.29, 0.717) is 105 Å². The first-order valence-electron chi connectivity index (χ1n) is 22.1. The number of esters is 1. The van der Waals surface area contributed by atoms with Crippen molar-refractivity contribution in [2.75, 3.05) is 124 Å². The number of carbonyl (C=O) groups excluding carboxylic acids is 7. The predicted molar refractivity (Wildman–Crippen MR) is 234 cm³/mol.